The molecule has 1 N–H and O–H groups in total. The molecule has 1 unspecified atom stereocenters. The summed E-state index contributed by atoms with van der Waals surface area (Å²) in [5.41, 5.74) is 1.38. The SMILES string of the molecule is O=C(NCc1cccc(F)c1)C1CCN(c2ccc(Cl)cc2)C1=O. The third-order valence-electron chi connectivity index (χ3n) is 4.02. The molecule has 1 aliphatic heterocycles. The number of nitrogens with zero attached hydrogens (tertiary/aromatic N) is 1. The van der Waals surface area contributed by atoms with Crippen LogP contribution in [0.1, 0.15) is 12.0 Å². The molecular formula is C18H16ClFN2O2. The first-order chi connectivity index (χ1) is 11.5. The molecule has 2 aromatic carbocycles. The van der Waals surface area contributed by atoms with Gasteiger partial charge < -0.3 is 10.2 Å². The molecule has 1 heterocycles. The number of anilines is 1. The Morgan fingerprint density at radius 1 is 1.25 bits per heavy atom. The molecule has 124 valence electrons. The summed E-state index contributed by atoms with van der Waals surface area (Å²) in [5.74, 6) is -1.63. The summed E-state index contributed by atoms with van der Waals surface area (Å²) in [7, 11) is 0. The van der Waals surface area contributed by atoms with Crippen LogP contribution >= 0.6 is 11.6 Å². The summed E-state index contributed by atoms with van der Waals surface area (Å²) in [4.78, 5) is 26.3. The van der Waals surface area contributed by atoms with Crippen LogP contribution in [-0.2, 0) is 16.1 Å². The van der Waals surface area contributed by atoms with Crippen LogP contribution in [0.4, 0.5) is 10.1 Å². The first-order valence-electron chi connectivity index (χ1n) is 7.64. The minimum absolute atomic E-state index is 0.196. The van der Waals surface area contributed by atoms with E-state index in [2.05, 4.69) is 5.32 Å². The lowest BCUT2D eigenvalue weighted by Gasteiger charge is -2.17. The lowest BCUT2D eigenvalue weighted by atomic mass is 10.1. The van der Waals surface area contributed by atoms with Gasteiger partial charge in [-0.05, 0) is 48.4 Å². The molecule has 2 aromatic rings. The normalized spacial score (nSPS) is 17.2. The van der Waals surface area contributed by atoms with Crippen molar-refractivity contribution in [1.29, 1.82) is 0 Å². The summed E-state index contributed by atoms with van der Waals surface area (Å²) in [6.45, 7) is 0.680. The van der Waals surface area contributed by atoms with E-state index in [4.69, 9.17) is 11.6 Å². The Hall–Kier alpha value is -2.40. The maximum absolute atomic E-state index is 13.1. The second-order valence-corrected chi connectivity index (χ2v) is 6.09. The van der Waals surface area contributed by atoms with Crippen molar-refractivity contribution in [2.45, 2.75) is 13.0 Å². The Morgan fingerprint density at radius 3 is 2.71 bits per heavy atom. The van der Waals surface area contributed by atoms with Gasteiger partial charge in [0.2, 0.25) is 11.8 Å². The number of carbonyl (C=O) groups is 2. The van der Waals surface area contributed by atoms with Crippen LogP contribution in [0.2, 0.25) is 5.02 Å². The smallest absolute Gasteiger partial charge is 0.239 e. The highest BCUT2D eigenvalue weighted by atomic mass is 35.5. The summed E-state index contributed by atoms with van der Waals surface area (Å²) in [6.07, 6.45) is 0.455. The first kappa shape index (κ1) is 16.5. The average molecular weight is 347 g/mol. The van der Waals surface area contributed by atoms with E-state index in [-0.39, 0.29) is 24.2 Å². The number of hydrogen-bond donors (Lipinski definition) is 1. The molecule has 2 amide bonds. The lowest BCUT2D eigenvalue weighted by Crippen LogP contribution is -2.36. The topological polar surface area (TPSA) is 49.4 Å². The molecule has 1 fully saturated rings. The summed E-state index contributed by atoms with van der Waals surface area (Å²) in [6, 6.07) is 12.9. The van der Waals surface area contributed by atoms with Gasteiger partial charge in [0, 0.05) is 23.8 Å². The molecule has 1 aliphatic rings. The molecular weight excluding hydrogens is 331 g/mol. The van der Waals surface area contributed by atoms with Crippen LogP contribution < -0.4 is 10.2 Å². The van der Waals surface area contributed by atoms with Crippen molar-refractivity contribution in [2.75, 3.05) is 11.4 Å². The minimum atomic E-state index is -0.714. The van der Waals surface area contributed by atoms with Gasteiger partial charge in [-0.2, -0.15) is 0 Å². The van der Waals surface area contributed by atoms with E-state index in [1.807, 2.05) is 0 Å². The van der Waals surface area contributed by atoms with Crippen LogP contribution in [0.5, 0.6) is 0 Å². The highest BCUT2D eigenvalue weighted by Gasteiger charge is 2.37. The standard InChI is InChI=1S/C18H16ClFN2O2/c19-13-4-6-15(7-5-13)22-9-8-16(18(22)24)17(23)21-11-12-2-1-3-14(20)10-12/h1-7,10,16H,8-9,11H2,(H,21,23). The number of nitrogens with one attached hydrogen (secondary N) is 1. The van der Waals surface area contributed by atoms with Crippen molar-refractivity contribution in [1.82, 2.24) is 5.32 Å². The molecule has 6 heteroatoms. The Bertz CT molecular complexity index is 764. The monoisotopic (exact) mass is 346 g/mol. The second-order valence-electron chi connectivity index (χ2n) is 5.66. The third-order valence-corrected chi connectivity index (χ3v) is 4.27. The zero-order chi connectivity index (χ0) is 17.1. The van der Waals surface area contributed by atoms with Gasteiger partial charge in [-0.1, -0.05) is 23.7 Å². The van der Waals surface area contributed by atoms with E-state index >= 15 is 0 Å². The van der Waals surface area contributed by atoms with Gasteiger partial charge in [0.25, 0.3) is 0 Å². The Labute approximate surface area is 144 Å². The zero-order valence-electron chi connectivity index (χ0n) is 12.8. The number of hydrogen-bond acceptors (Lipinski definition) is 2. The largest absolute Gasteiger partial charge is 0.351 e. The molecule has 24 heavy (non-hydrogen) atoms. The van der Waals surface area contributed by atoms with Gasteiger partial charge in [-0.3, -0.25) is 9.59 Å². The van der Waals surface area contributed by atoms with Crippen LogP contribution in [-0.4, -0.2) is 18.4 Å². The van der Waals surface area contributed by atoms with Crippen molar-refractivity contribution in [3.05, 3.63) is 64.9 Å². The predicted octanol–water partition coefficient (Wildman–Crippen LogP) is 3.15. The highest BCUT2D eigenvalue weighted by Crippen LogP contribution is 2.26. The molecule has 1 atom stereocenters. The molecule has 1 saturated heterocycles. The molecule has 3 rings (SSSR count). The van der Waals surface area contributed by atoms with Gasteiger partial charge in [0.15, 0.2) is 0 Å². The van der Waals surface area contributed by atoms with E-state index in [9.17, 15) is 14.0 Å². The van der Waals surface area contributed by atoms with Gasteiger partial charge in [0.05, 0.1) is 0 Å². The lowest BCUT2D eigenvalue weighted by molar-refractivity contribution is -0.132. The van der Waals surface area contributed by atoms with Crippen molar-refractivity contribution in [3.8, 4) is 0 Å². The third kappa shape index (κ3) is 3.57. The number of amides is 2. The predicted molar refractivity (Wildman–Crippen MR) is 90.2 cm³/mol. The number of halogens is 2. The highest BCUT2D eigenvalue weighted by molar-refractivity contribution is 6.30. The van der Waals surface area contributed by atoms with Crippen molar-refractivity contribution < 1.29 is 14.0 Å². The zero-order valence-corrected chi connectivity index (χ0v) is 13.6. The Morgan fingerprint density at radius 2 is 2.00 bits per heavy atom. The van der Waals surface area contributed by atoms with Gasteiger partial charge in [0.1, 0.15) is 11.7 Å². The number of carbonyl (C=O) groups excluding carboxylic acids is 2. The van der Waals surface area contributed by atoms with E-state index in [1.54, 1.807) is 41.3 Å². The molecule has 0 aromatic heterocycles. The molecule has 0 bridgehead atoms. The van der Waals surface area contributed by atoms with E-state index in [1.165, 1.54) is 12.1 Å². The van der Waals surface area contributed by atoms with E-state index < -0.39 is 5.92 Å². The van der Waals surface area contributed by atoms with Crippen molar-refractivity contribution >= 4 is 29.1 Å². The van der Waals surface area contributed by atoms with Crippen LogP contribution in [0, 0.1) is 11.7 Å². The number of rotatable bonds is 4. The maximum atomic E-state index is 13.1. The van der Waals surface area contributed by atoms with Crippen LogP contribution in [0.25, 0.3) is 0 Å². The van der Waals surface area contributed by atoms with Crippen LogP contribution in [0.15, 0.2) is 48.5 Å². The second kappa shape index (κ2) is 7.01. The van der Waals surface area contributed by atoms with E-state index in [0.717, 1.165) is 5.69 Å². The number of benzene rings is 2. The van der Waals surface area contributed by atoms with Gasteiger partial charge in [-0.15, -0.1) is 0 Å². The minimum Gasteiger partial charge on any atom is -0.351 e. The first-order valence-corrected chi connectivity index (χ1v) is 8.01. The maximum Gasteiger partial charge on any atom is 0.239 e. The van der Waals surface area contributed by atoms with Crippen LogP contribution in [0.3, 0.4) is 0 Å². The van der Waals surface area contributed by atoms with Gasteiger partial charge in [-0.25, -0.2) is 4.39 Å². The fourth-order valence-electron chi connectivity index (χ4n) is 2.76. The summed E-state index contributed by atoms with van der Waals surface area (Å²) >= 11 is 5.85. The molecule has 0 aliphatic carbocycles. The Kier molecular flexibility index (Phi) is 4.81. The molecule has 0 radical (unpaired) electrons. The Balaban J connectivity index is 1.62. The van der Waals surface area contributed by atoms with E-state index in [0.29, 0.717) is 23.6 Å². The average Bonchev–Trinajstić information content (AvgIpc) is 2.95. The quantitative estimate of drug-likeness (QED) is 0.865. The molecule has 0 saturated carbocycles. The molecule has 0 spiro atoms. The summed E-state index contributed by atoms with van der Waals surface area (Å²) < 4.78 is 13.1. The fourth-order valence-corrected chi connectivity index (χ4v) is 2.89. The fraction of sp³-hybridized carbons (Fsp3) is 0.222. The van der Waals surface area contributed by atoms with Gasteiger partial charge >= 0.3 is 0 Å². The summed E-state index contributed by atoms with van der Waals surface area (Å²) in [5, 5.41) is 3.30. The van der Waals surface area contributed by atoms with Crippen molar-refractivity contribution in [2.24, 2.45) is 5.92 Å². The van der Waals surface area contributed by atoms with Crippen molar-refractivity contribution in [3.63, 3.8) is 0 Å². The molecule has 4 nitrogen and oxygen atoms in total.